The van der Waals surface area contributed by atoms with Crippen molar-refractivity contribution in [2.45, 2.75) is 56.7 Å². The Morgan fingerprint density at radius 2 is 1.45 bits per heavy atom. The molecular weight excluding hydrogens is 436 g/mol. The molecule has 3 rings (SSSR count). The Kier molecular flexibility index (Phi) is 6.69. The third kappa shape index (κ3) is 4.58. The highest BCUT2D eigenvalue weighted by molar-refractivity contribution is 7.93. The lowest BCUT2D eigenvalue weighted by atomic mass is 10.0. The molecule has 0 bridgehead atoms. The second-order valence-electron chi connectivity index (χ2n) is 8.02. The van der Waals surface area contributed by atoms with Gasteiger partial charge in [0.2, 0.25) is 10.0 Å². The molecule has 0 radical (unpaired) electrons. The lowest BCUT2D eigenvalue weighted by molar-refractivity contribution is 0.346. The number of rotatable bonds is 6. The van der Waals surface area contributed by atoms with Crippen LogP contribution in [0.25, 0.3) is 0 Å². The van der Waals surface area contributed by atoms with Crippen molar-refractivity contribution in [1.82, 2.24) is 4.31 Å². The Hall–Kier alpha value is -2.10. The zero-order chi connectivity index (χ0) is 23.0. The quantitative estimate of drug-likeness (QED) is 0.697. The summed E-state index contributed by atoms with van der Waals surface area (Å²) in [5.74, 6) is 0.251. The molecule has 7 nitrogen and oxygen atoms in total. The first-order chi connectivity index (χ1) is 14.5. The second kappa shape index (κ2) is 8.80. The van der Waals surface area contributed by atoms with Gasteiger partial charge in [-0.25, -0.2) is 16.8 Å². The van der Waals surface area contributed by atoms with Crippen molar-refractivity contribution in [2.75, 3.05) is 24.9 Å². The number of methoxy groups -OCH3 is 1. The molecule has 1 saturated heterocycles. The highest BCUT2D eigenvalue weighted by atomic mass is 32.2. The Labute approximate surface area is 185 Å². The average molecular weight is 467 g/mol. The summed E-state index contributed by atoms with van der Waals surface area (Å²) in [6.07, 6.45) is 2.65. The molecule has 0 amide bonds. The Balaban J connectivity index is 2.06. The number of ether oxygens (including phenoxy) is 1. The van der Waals surface area contributed by atoms with Crippen LogP contribution in [0.3, 0.4) is 0 Å². The number of sulfonamides is 2. The van der Waals surface area contributed by atoms with Gasteiger partial charge in [-0.3, -0.25) is 4.72 Å². The van der Waals surface area contributed by atoms with Crippen LogP contribution < -0.4 is 9.46 Å². The maximum absolute atomic E-state index is 13.4. The van der Waals surface area contributed by atoms with E-state index >= 15 is 0 Å². The van der Waals surface area contributed by atoms with Gasteiger partial charge in [-0.1, -0.05) is 12.5 Å². The maximum Gasteiger partial charge on any atom is 0.262 e. The predicted molar refractivity (Wildman–Crippen MR) is 122 cm³/mol. The van der Waals surface area contributed by atoms with Crippen molar-refractivity contribution in [3.05, 3.63) is 46.5 Å². The molecule has 2 aromatic rings. The molecule has 1 fully saturated rings. The van der Waals surface area contributed by atoms with E-state index in [1.54, 1.807) is 13.8 Å². The zero-order valence-electron chi connectivity index (χ0n) is 18.6. The first-order valence-electron chi connectivity index (χ1n) is 10.3. The summed E-state index contributed by atoms with van der Waals surface area (Å²) in [4.78, 5) is 0.248. The molecule has 0 atom stereocenters. The zero-order valence-corrected chi connectivity index (χ0v) is 20.3. The van der Waals surface area contributed by atoms with E-state index in [4.69, 9.17) is 4.74 Å². The van der Waals surface area contributed by atoms with Crippen LogP contribution in [-0.4, -0.2) is 41.3 Å². The van der Waals surface area contributed by atoms with Gasteiger partial charge >= 0.3 is 0 Å². The van der Waals surface area contributed by atoms with Crippen molar-refractivity contribution >= 4 is 25.7 Å². The Morgan fingerprint density at radius 1 is 0.871 bits per heavy atom. The highest BCUT2D eigenvalue weighted by Crippen LogP contribution is 2.33. The Morgan fingerprint density at radius 3 is 2.00 bits per heavy atom. The molecular formula is C22H30N2O5S2. The smallest absolute Gasteiger partial charge is 0.262 e. The molecule has 0 saturated carbocycles. The van der Waals surface area contributed by atoms with Gasteiger partial charge in [0.15, 0.2) is 0 Å². The van der Waals surface area contributed by atoms with Crippen LogP contribution in [0, 0.1) is 27.7 Å². The van der Waals surface area contributed by atoms with Gasteiger partial charge in [0, 0.05) is 13.1 Å². The fraction of sp³-hybridized carbons (Fsp3) is 0.455. The molecule has 1 N–H and O–H groups in total. The van der Waals surface area contributed by atoms with E-state index in [0.717, 1.165) is 30.4 Å². The normalized spacial score (nSPS) is 15.6. The lowest BCUT2D eigenvalue weighted by Crippen LogP contribution is -2.35. The third-order valence-electron chi connectivity index (χ3n) is 5.93. The molecule has 0 spiro atoms. The number of anilines is 1. The summed E-state index contributed by atoms with van der Waals surface area (Å²) in [5.41, 5.74) is 3.16. The highest BCUT2D eigenvalue weighted by Gasteiger charge is 2.28. The minimum absolute atomic E-state index is 0.0433. The monoisotopic (exact) mass is 466 g/mol. The second-order valence-corrected chi connectivity index (χ2v) is 11.6. The van der Waals surface area contributed by atoms with Gasteiger partial charge < -0.3 is 4.74 Å². The van der Waals surface area contributed by atoms with Crippen LogP contribution >= 0.6 is 0 Å². The molecule has 2 aromatic carbocycles. The van der Waals surface area contributed by atoms with E-state index in [-0.39, 0.29) is 21.2 Å². The Bertz CT molecular complexity index is 1170. The van der Waals surface area contributed by atoms with Crippen molar-refractivity contribution in [3.63, 3.8) is 0 Å². The van der Waals surface area contributed by atoms with Gasteiger partial charge in [0.1, 0.15) is 5.75 Å². The summed E-state index contributed by atoms with van der Waals surface area (Å²) < 4.78 is 62.2. The molecule has 1 aliphatic rings. The standard InChI is InChI=1S/C22H30N2O5S2/c1-15-13-16(2)18(4)22(17(15)3)30(25,26)23-20-14-19(9-10-21(20)29-5)31(27,28)24-11-7-6-8-12-24/h9-10,13-14,23H,6-8,11-12H2,1-5H3. The van der Waals surface area contributed by atoms with E-state index in [0.29, 0.717) is 24.2 Å². The first kappa shape index (κ1) is 23.6. The summed E-state index contributed by atoms with van der Waals surface area (Å²) in [7, 11) is -6.28. The number of benzene rings is 2. The third-order valence-corrected chi connectivity index (χ3v) is 9.47. The van der Waals surface area contributed by atoms with E-state index in [9.17, 15) is 16.8 Å². The molecule has 0 aliphatic carbocycles. The molecule has 170 valence electrons. The van der Waals surface area contributed by atoms with Gasteiger partial charge in [-0.15, -0.1) is 0 Å². The van der Waals surface area contributed by atoms with Crippen LogP contribution in [0.5, 0.6) is 5.75 Å². The van der Waals surface area contributed by atoms with Crippen molar-refractivity contribution in [1.29, 1.82) is 0 Å². The van der Waals surface area contributed by atoms with Crippen molar-refractivity contribution in [2.24, 2.45) is 0 Å². The number of hydrogen-bond donors (Lipinski definition) is 1. The van der Waals surface area contributed by atoms with Gasteiger partial charge in [-0.2, -0.15) is 4.31 Å². The van der Waals surface area contributed by atoms with Crippen LogP contribution in [0.15, 0.2) is 34.1 Å². The van der Waals surface area contributed by atoms with Gasteiger partial charge in [0.05, 0.1) is 22.6 Å². The minimum atomic E-state index is -3.98. The molecule has 0 aromatic heterocycles. The van der Waals surface area contributed by atoms with Crippen LogP contribution in [-0.2, 0) is 20.0 Å². The topological polar surface area (TPSA) is 92.8 Å². The molecule has 1 heterocycles. The van der Waals surface area contributed by atoms with Crippen molar-refractivity contribution in [3.8, 4) is 5.75 Å². The fourth-order valence-electron chi connectivity index (χ4n) is 3.96. The van der Waals surface area contributed by atoms with Crippen LogP contribution in [0.1, 0.15) is 41.5 Å². The SMILES string of the molecule is COc1ccc(S(=O)(=O)N2CCCCC2)cc1NS(=O)(=O)c1c(C)c(C)cc(C)c1C. The van der Waals surface area contributed by atoms with Crippen LogP contribution in [0.4, 0.5) is 5.69 Å². The van der Waals surface area contributed by atoms with Crippen molar-refractivity contribution < 1.29 is 21.6 Å². The summed E-state index contributed by atoms with van der Waals surface area (Å²) >= 11 is 0. The summed E-state index contributed by atoms with van der Waals surface area (Å²) in [6.45, 7) is 8.21. The minimum Gasteiger partial charge on any atom is -0.495 e. The number of aryl methyl sites for hydroxylation is 2. The van der Waals surface area contributed by atoms with E-state index in [1.165, 1.54) is 29.6 Å². The van der Waals surface area contributed by atoms with E-state index < -0.39 is 20.0 Å². The van der Waals surface area contributed by atoms with Gasteiger partial charge in [0.25, 0.3) is 10.0 Å². The summed E-state index contributed by atoms with van der Waals surface area (Å²) in [6, 6.07) is 6.23. The van der Waals surface area contributed by atoms with Gasteiger partial charge in [-0.05, 0) is 81.0 Å². The summed E-state index contributed by atoms with van der Waals surface area (Å²) in [5, 5.41) is 0. The van der Waals surface area contributed by atoms with E-state index in [2.05, 4.69) is 4.72 Å². The predicted octanol–water partition coefficient (Wildman–Crippen LogP) is 3.90. The number of hydrogen-bond acceptors (Lipinski definition) is 5. The number of piperidine rings is 1. The number of nitrogens with one attached hydrogen (secondary N) is 1. The molecule has 0 unspecified atom stereocenters. The molecule has 31 heavy (non-hydrogen) atoms. The largest absolute Gasteiger partial charge is 0.495 e. The lowest BCUT2D eigenvalue weighted by Gasteiger charge is -2.26. The fourth-order valence-corrected chi connectivity index (χ4v) is 7.18. The number of nitrogens with zero attached hydrogens (tertiary/aromatic N) is 1. The average Bonchev–Trinajstić information content (AvgIpc) is 2.72. The van der Waals surface area contributed by atoms with E-state index in [1.807, 2.05) is 19.9 Å². The first-order valence-corrected chi connectivity index (χ1v) is 13.2. The molecule has 1 aliphatic heterocycles. The molecule has 9 heteroatoms. The maximum atomic E-state index is 13.4. The van der Waals surface area contributed by atoms with Crippen LogP contribution in [0.2, 0.25) is 0 Å².